The summed E-state index contributed by atoms with van der Waals surface area (Å²) in [5.41, 5.74) is -0.0311. The molecule has 1 N–H and O–H groups in total. The fraction of sp³-hybridized carbons (Fsp3) is 0.719. The lowest BCUT2D eigenvalue weighted by molar-refractivity contribution is -0.254. The molecule has 8 atom stereocenters. The molecule has 0 radical (unpaired) electrons. The number of allylic oxidation sites excluding steroid dienone is 3. The predicted molar refractivity (Wildman–Crippen MR) is 151 cm³/mol. The Morgan fingerprint density at radius 2 is 1.75 bits per heavy atom. The van der Waals surface area contributed by atoms with Gasteiger partial charge >= 0.3 is 17.9 Å². The van der Waals surface area contributed by atoms with E-state index in [9.17, 15) is 19.5 Å². The van der Waals surface area contributed by atoms with Gasteiger partial charge in [0.05, 0.1) is 11.5 Å². The largest absolute Gasteiger partial charge is 0.458 e. The first-order chi connectivity index (χ1) is 18.9. The highest BCUT2D eigenvalue weighted by atomic mass is 16.8. The molecule has 1 unspecified atom stereocenters. The lowest BCUT2D eigenvalue weighted by atomic mass is 9.45. The number of aliphatic hydroxyl groups is 1. The fourth-order valence-corrected chi connectivity index (χ4v) is 6.97. The van der Waals surface area contributed by atoms with Gasteiger partial charge < -0.3 is 19.3 Å². The predicted octanol–water partition coefficient (Wildman–Crippen LogP) is 5.93. The molecule has 1 saturated carbocycles. The minimum Gasteiger partial charge on any atom is -0.458 e. The van der Waals surface area contributed by atoms with E-state index >= 15 is 0 Å². The monoisotopic (exact) mass is 560 g/mol. The second kappa shape index (κ2) is 13.5. The van der Waals surface area contributed by atoms with E-state index in [4.69, 9.17) is 18.9 Å². The molecule has 2 fully saturated rings. The summed E-state index contributed by atoms with van der Waals surface area (Å²) in [6, 6.07) is 0. The molecule has 1 saturated heterocycles. The van der Waals surface area contributed by atoms with Gasteiger partial charge in [0.25, 0.3) is 0 Å². The van der Waals surface area contributed by atoms with Crippen molar-refractivity contribution in [3.8, 4) is 0 Å². The Balaban J connectivity index is 2.06. The minimum atomic E-state index is -1.17. The first-order valence-electron chi connectivity index (χ1n) is 14.8. The van der Waals surface area contributed by atoms with Gasteiger partial charge in [-0.3, -0.25) is 19.1 Å². The number of esters is 3. The van der Waals surface area contributed by atoms with Gasteiger partial charge in [0.15, 0.2) is 0 Å². The van der Waals surface area contributed by atoms with Gasteiger partial charge in [-0.15, -0.1) is 0 Å². The molecule has 40 heavy (non-hydrogen) atoms. The van der Waals surface area contributed by atoms with Crippen molar-refractivity contribution in [3.63, 3.8) is 0 Å². The van der Waals surface area contributed by atoms with Crippen molar-refractivity contribution < 1.29 is 38.4 Å². The van der Waals surface area contributed by atoms with Crippen LogP contribution in [0.15, 0.2) is 36.0 Å². The van der Waals surface area contributed by atoms with E-state index in [1.807, 2.05) is 6.92 Å². The zero-order valence-electron chi connectivity index (χ0n) is 25.1. The standard InChI is InChI=1S/C32H48O8/c1-8-10-11-12-13-14-28(36)39-24-18-25-29(37-22(5)33)40-30(38-23(6)34)32(25)26(19-24)31(7,16-15-20(3)9-2)21(4)17-27(32)35/h9,15,18,21,24,26-27,29-30,35H,2,8,10-14,16-17,19H2,1,3-7H3/b20-15+/t21-,24+,26+,27+,29+,30+,31-,32?/m0/s1. The zero-order chi connectivity index (χ0) is 29.7. The van der Waals surface area contributed by atoms with E-state index < -0.39 is 47.6 Å². The molecule has 2 aliphatic carbocycles. The maximum Gasteiger partial charge on any atom is 0.306 e. The van der Waals surface area contributed by atoms with E-state index in [1.165, 1.54) is 13.8 Å². The van der Waals surface area contributed by atoms with Gasteiger partial charge in [0.2, 0.25) is 12.6 Å². The second-order valence-electron chi connectivity index (χ2n) is 12.1. The van der Waals surface area contributed by atoms with Gasteiger partial charge in [0.1, 0.15) is 6.10 Å². The maximum atomic E-state index is 12.9. The molecule has 3 aliphatic rings. The maximum absolute atomic E-state index is 12.9. The highest BCUT2D eigenvalue weighted by Gasteiger charge is 2.71. The van der Waals surface area contributed by atoms with Crippen LogP contribution in [0.1, 0.15) is 99.3 Å². The van der Waals surface area contributed by atoms with Gasteiger partial charge in [-0.25, -0.2) is 0 Å². The van der Waals surface area contributed by atoms with Crippen LogP contribution in [0, 0.1) is 22.7 Å². The highest BCUT2D eigenvalue weighted by Crippen LogP contribution is 2.67. The fourth-order valence-electron chi connectivity index (χ4n) is 6.97. The summed E-state index contributed by atoms with van der Waals surface area (Å²) in [4.78, 5) is 37.2. The third kappa shape index (κ3) is 6.54. The number of hydrogen-bond donors (Lipinski definition) is 1. The van der Waals surface area contributed by atoms with Crippen molar-refractivity contribution in [2.75, 3.05) is 0 Å². The Hall–Kier alpha value is -2.45. The number of ether oxygens (including phenoxy) is 4. The molecular formula is C32H48O8. The number of rotatable bonds is 12. The Labute approximate surface area is 239 Å². The van der Waals surface area contributed by atoms with Crippen LogP contribution in [0.25, 0.3) is 0 Å². The number of carbonyl (C=O) groups is 3. The zero-order valence-corrected chi connectivity index (χ0v) is 25.1. The lowest BCUT2D eigenvalue weighted by Gasteiger charge is -2.60. The highest BCUT2D eigenvalue weighted by molar-refractivity contribution is 5.70. The van der Waals surface area contributed by atoms with E-state index in [-0.39, 0.29) is 17.8 Å². The molecule has 0 bridgehead atoms. The van der Waals surface area contributed by atoms with Gasteiger partial charge in [-0.05, 0) is 55.9 Å². The molecule has 8 nitrogen and oxygen atoms in total. The smallest absolute Gasteiger partial charge is 0.306 e. The number of aliphatic hydroxyl groups excluding tert-OH is 1. The number of carbonyl (C=O) groups excluding carboxylic acids is 3. The third-order valence-corrected chi connectivity index (χ3v) is 9.35. The first-order valence-corrected chi connectivity index (χ1v) is 14.8. The molecule has 1 aliphatic heterocycles. The van der Waals surface area contributed by atoms with Crippen LogP contribution in [-0.2, 0) is 33.3 Å². The molecule has 0 aromatic heterocycles. The van der Waals surface area contributed by atoms with Gasteiger partial charge in [-0.1, -0.05) is 70.8 Å². The van der Waals surface area contributed by atoms with E-state index in [1.54, 1.807) is 12.2 Å². The van der Waals surface area contributed by atoms with Crippen molar-refractivity contribution in [2.24, 2.45) is 22.7 Å². The van der Waals surface area contributed by atoms with Crippen LogP contribution in [0.5, 0.6) is 0 Å². The molecule has 1 heterocycles. The van der Waals surface area contributed by atoms with E-state index in [0.29, 0.717) is 31.3 Å². The van der Waals surface area contributed by atoms with Crippen LogP contribution in [-0.4, -0.2) is 47.8 Å². The van der Waals surface area contributed by atoms with Crippen LogP contribution in [0.2, 0.25) is 0 Å². The summed E-state index contributed by atoms with van der Waals surface area (Å²) in [7, 11) is 0. The Morgan fingerprint density at radius 1 is 1.07 bits per heavy atom. The summed E-state index contributed by atoms with van der Waals surface area (Å²) in [5, 5.41) is 11.8. The SMILES string of the molecule is C=C/C(C)=C/C[C@@]1(C)[C@@H](C)C[C@@H](O)C23C(=C[C@@H](OC(=O)CCCCCCC)C[C@@H]21)[C@H](OC(C)=O)O[C@H]3OC(C)=O. The first kappa shape index (κ1) is 32.1. The summed E-state index contributed by atoms with van der Waals surface area (Å²) < 4.78 is 23.4. The van der Waals surface area contributed by atoms with E-state index in [0.717, 1.165) is 37.7 Å². The molecule has 8 heteroatoms. The Bertz CT molecular complexity index is 1010. The van der Waals surface area contributed by atoms with Crippen molar-refractivity contribution in [1.29, 1.82) is 0 Å². The summed E-state index contributed by atoms with van der Waals surface area (Å²) in [6.45, 7) is 14.9. The molecule has 224 valence electrons. The van der Waals surface area contributed by atoms with Crippen LogP contribution < -0.4 is 0 Å². The molecule has 0 amide bonds. The lowest BCUT2D eigenvalue weighted by Crippen LogP contribution is -2.63. The van der Waals surface area contributed by atoms with Crippen molar-refractivity contribution in [3.05, 3.63) is 36.0 Å². The molecule has 1 spiro atoms. The summed E-state index contributed by atoms with van der Waals surface area (Å²) in [5.74, 6) is -1.66. The van der Waals surface area contributed by atoms with Gasteiger partial charge in [0, 0.05) is 25.8 Å². The molecular weight excluding hydrogens is 512 g/mol. The topological polar surface area (TPSA) is 108 Å². The van der Waals surface area contributed by atoms with Gasteiger partial charge in [-0.2, -0.15) is 0 Å². The van der Waals surface area contributed by atoms with E-state index in [2.05, 4.69) is 33.4 Å². The van der Waals surface area contributed by atoms with Crippen LogP contribution in [0.3, 0.4) is 0 Å². The van der Waals surface area contributed by atoms with Crippen molar-refractivity contribution >= 4 is 17.9 Å². The normalized spacial score (nSPS) is 35.2. The summed E-state index contributed by atoms with van der Waals surface area (Å²) >= 11 is 0. The molecule has 0 aromatic rings. The second-order valence-corrected chi connectivity index (χ2v) is 12.1. The van der Waals surface area contributed by atoms with Crippen LogP contribution >= 0.6 is 0 Å². The molecule has 3 rings (SSSR count). The number of hydrogen-bond acceptors (Lipinski definition) is 8. The quantitative estimate of drug-likeness (QED) is 0.103. The average molecular weight is 561 g/mol. The Morgan fingerprint density at radius 3 is 2.38 bits per heavy atom. The third-order valence-electron chi connectivity index (χ3n) is 9.35. The minimum absolute atomic E-state index is 0.0759. The average Bonchev–Trinajstić information content (AvgIpc) is 3.17. The molecule has 0 aromatic carbocycles. The van der Waals surface area contributed by atoms with Crippen molar-refractivity contribution in [1.82, 2.24) is 0 Å². The number of unbranched alkanes of at least 4 members (excludes halogenated alkanes) is 4. The van der Waals surface area contributed by atoms with Crippen molar-refractivity contribution in [2.45, 2.75) is 124 Å². The summed E-state index contributed by atoms with van der Waals surface area (Å²) in [6.07, 6.45) is 8.78. The van der Waals surface area contributed by atoms with Crippen LogP contribution in [0.4, 0.5) is 0 Å². The Kier molecular flexibility index (Phi) is 10.8.